The maximum atomic E-state index is 6.33. The lowest BCUT2D eigenvalue weighted by Gasteiger charge is -2.14. The molecule has 2 heterocycles. The first-order valence-electron chi connectivity index (χ1n) is 10.9. The van der Waals surface area contributed by atoms with E-state index in [0.29, 0.717) is 31.6 Å². The molecular weight excluding hydrogens is 404 g/mol. The zero-order chi connectivity index (χ0) is 22.7. The van der Waals surface area contributed by atoms with Crippen LogP contribution in [0.3, 0.4) is 0 Å². The Morgan fingerprint density at radius 3 is 2.62 bits per heavy atom. The molecule has 32 heavy (non-hydrogen) atoms. The zero-order valence-corrected chi connectivity index (χ0v) is 19.1. The summed E-state index contributed by atoms with van der Waals surface area (Å²) in [5, 5.41) is 0.999. The van der Waals surface area contributed by atoms with Gasteiger partial charge in [-0.1, -0.05) is 26.0 Å². The molecule has 0 spiro atoms. The highest BCUT2D eigenvalue weighted by molar-refractivity contribution is 6.06. The van der Waals surface area contributed by atoms with Crippen molar-refractivity contribution in [3.63, 3.8) is 0 Å². The van der Waals surface area contributed by atoms with Crippen molar-refractivity contribution in [1.82, 2.24) is 14.5 Å². The molecule has 7 nitrogen and oxygen atoms in total. The fraction of sp³-hybridized carbons (Fsp3) is 0.360. The minimum Gasteiger partial charge on any atom is -0.497 e. The van der Waals surface area contributed by atoms with Crippen LogP contribution in [0.2, 0.25) is 0 Å². The van der Waals surface area contributed by atoms with Gasteiger partial charge in [-0.3, -0.25) is 0 Å². The molecule has 0 amide bonds. The van der Waals surface area contributed by atoms with Crippen molar-refractivity contribution in [3.05, 3.63) is 53.9 Å². The standard InChI is InChI=1S/C25H30N4O3/c1-5-31-15-22-28-23-24(29(22)13-16(2)3)20-10-9-19(12-21(20)27-25(23)26)32-14-17-7-6-8-18(11-17)30-4/h6-12,16H,5,13-15H2,1-4H3,(H2,26,27). The summed E-state index contributed by atoms with van der Waals surface area (Å²) in [5.74, 6) is 3.27. The van der Waals surface area contributed by atoms with E-state index in [1.54, 1.807) is 7.11 Å². The number of hydrogen-bond acceptors (Lipinski definition) is 6. The summed E-state index contributed by atoms with van der Waals surface area (Å²) in [6.45, 7) is 8.69. The molecule has 0 aliphatic carbocycles. The number of imidazole rings is 1. The van der Waals surface area contributed by atoms with Gasteiger partial charge in [-0.2, -0.15) is 0 Å². The second-order valence-electron chi connectivity index (χ2n) is 8.18. The van der Waals surface area contributed by atoms with E-state index in [4.69, 9.17) is 24.9 Å². The van der Waals surface area contributed by atoms with Crippen molar-refractivity contribution < 1.29 is 14.2 Å². The lowest BCUT2D eigenvalue weighted by molar-refractivity contribution is 0.125. The van der Waals surface area contributed by atoms with Gasteiger partial charge < -0.3 is 24.5 Å². The van der Waals surface area contributed by atoms with E-state index in [-0.39, 0.29) is 0 Å². The van der Waals surface area contributed by atoms with Gasteiger partial charge in [-0.15, -0.1) is 0 Å². The summed E-state index contributed by atoms with van der Waals surface area (Å²) in [6.07, 6.45) is 0. The Balaban J connectivity index is 1.72. The number of anilines is 1. The van der Waals surface area contributed by atoms with Crippen LogP contribution in [0.4, 0.5) is 5.82 Å². The van der Waals surface area contributed by atoms with Crippen molar-refractivity contribution in [2.24, 2.45) is 5.92 Å². The Morgan fingerprint density at radius 2 is 1.88 bits per heavy atom. The number of methoxy groups -OCH3 is 1. The maximum absolute atomic E-state index is 6.33. The van der Waals surface area contributed by atoms with Crippen LogP contribution in [-0.2, 0) is 24.5 Å². The summed E-state index contributed by atoms with van der Waals surface area (Å²) in [6, 6.07) is 13.8. The number of hydrogen-bond donors (Lipinski definition) is 1. The van der Waals surface area contributed by atoms with Crippen molar-refractivity contribution in [2.45, 2.75) is 40.5 Å². The van der Waals surface area contributed by atoms with Crippen LogP contribution in [0.15, 0.2) is 42.5 Å². The Labute approximate surface area is 188 Å². The highest BCUT2D eigenvalue weighted by Gasteiger charge is 2.18. The number of benzene rings is 2. The predicted molar refractivity (Wildman–Crippen MR) is 127 cm³/mol. The lowest BCUT2D eigenvalue weighted by Crippen LogP contribution is -2.10. The summed E-state index contributed by atoms with van der Waals surface area (Å²) in [4.78, 5) is 9.40. The highest BCUT2D eigenvalue weighted by Crippen LogP contribution is 2.32. The van der Waals surface area contributed by atoms with Crippen LogP contribution in [0.1, 0.15) is 32.2 Å². The van der Waals surface area contributed by atoms with Crippen molar-refractivity contribution in [3.8, 4) is 11.5 Å². The molecule has 2 aromatic carbocycles. The highest BCUT2D eigenvalue weighted by atomic mass is 16.5. The number of fused-ring (bicyclic) bond motifs is 3. The van der Waals surface area contributed by atoms with Gasteiger partial charge in [0.25, 0.3) is 0 Å². The van der Waals surface area contributed by atoms with Gasteiger partial charge in [0.2, 0.25) is 0 Å². The van der Waals surface area contributed by atoms with Gasteiger partial charge in [0.15, 0.2) is 5.82 Å². The van der Waals surface area contributed by atoms with E-state index < -0.39 is 0 Å². The molecule has 0 atom stereocenters. The molecule has 2 aromatic heterocycles. The largest absolute Gasteiger partial charge is 0.497 e. The Hall–Kier alpha value is -3.32. The Morgan fingerprint density at radius 1 is 1.03 bits per heavy atom. The first kappa shape index (κ1) is 21.9. The average Bonchev–Trinajstić information content (AvgIpc) is 3.14. The van der Waals surface area contributed by atoms with Gasteiger partial charge in [0, 0.05) is 24.6 Å². The van der Waals surface area contributed by atoms with Crippen LogP contribution in [0.25, 0.3) is 21.9 Å². The van der Waals surface area contributed by atoms with Gasteiger partial charge in [0.05, 0.1) is 18.1 Å². The molecule has 7 heteroatoms. The molecule has 4 rings (SSSR count). The number of ether oxygens (including phenoxy) is 3. The first-order chi connectivity index (χ1) is 15.5. The molecular formula is C25H30N4O3. The van der Waals surface area contributed by atoms with Gasteiger partial charge in [0.1, 0.15) is 36.1 Å². The fourth-order valence-corrected chi connectivity index (χ4v) is 3.82. The van der Waals surface area contributed by atoms with Gasteiger partial charge in [-0.25, -0.2) is 9.97 Å². The van der Waals surface area contributed by atoms with Crippen LogP contribution in [0.5, 0.6) is 11.5 Å². The Kier molecular flexibility index (Phi) is 6.46. The molecule has 0 fully saturated rings. The fourth-order valence-electron chi connectivity index (χ4n) is 3.82. The SMILES string of the molecule is CCOCc1nc2c(N)nc3cc(OCc4cccc(OC)c4)ccc3c2n1CC(C)C. The van der Waals surface area contributed by atoms with E-state index in [1.165, 1.54) is 0 Å². The van der Waals surface area contributed by atoms with E-state index in [0.717, 1.165) is 51.4 Å². The summed E-state index contributed by atoms with van der Waals surface area (Å²) >= 11 is 0. The number of nitrogens with zero attached hydrogens (tertiary/aromatic N) is 3. The van der Waals surface area contributed by atoms with Gasteiger partial charge in [-0.05, 0) is 42.7 Å². The first-order valence-corrected chi connectivity index (χ1v) is 10.9. The van der Waals surface area contributed by atoms with E-state index in [2.05, 4.69) is 23.4 Å². The van der Waals surface area contributed by atoms with Crippen LogP contribution in [0, 0.1) is 5.92 Å². The molecule has 0 saturated carbocycles. The zero-order valence-electron chi connectivity index (χ0n) is 19.1. The minimum atomic E-state index is 0.415. The lowest BCUT2D eigenvalue weighted by atomic mass is 10.1. The van der Waals surface area contributed by atoms with E-state index in [1.807, 2.05) is 49.4 Å². The summed E-state index contributed by atoms with van der Waals surface area (Å²) in [5.41, 5.74) is 9.86. The molecule has 0 unspecified atom stereocenters. The van der Waals surface area contributed by atoms with E-state index in [9.17, 15) is 0 Å². The number of nitrogens with two attached hydrogens (primary N) is 1. The van der Waals surface area contributed by atoms with Crippen LogP contribution < -0.4 is 15.2 Å². The second kappa shape index (κ2) is 9.44. The number of nitrogen functional groups attached to an aromatic ring is 1. The third-order valence-corrected chi connectivity index (χ3v) is 5.28. The third-order valence-electron chi connectivity index (χ3n) is 5.28. The van der Waals surface area contributed by atoms with E-state index >= 15 is 0 Å². The summed E-state index contributed by atoms with van der Waals surface area (Å²) < 4.78 is 19.2. The quantitative estimate of drug-likeness (QED) is 0.401. The molecule has 0 radical (unpaired) electrons. The Bertz CT molecular complexity index is 1230. The van der Waals surface area contributed by atoms with Crippen LogP contribution >= 0.6 is 0 Å². The molecule has 0 bridgehead atoms. The average molecular weight is 435 g/mol. The smallest absolute Gasteiger partial charge is 0.152 e. The third kappa shape index (κ3) is 4.48. The maximum Gasteiger partial charge on any atom is 0.152 e. The number of rotatable bonds is 9. The number of pyridine rings is 1. The predicted octanol–water partition coefficient (Wildman–Crippen LogP) is 4.95. The monoisotopic (exact) mass is 434 g/mol. The van der Waals surface area contributed by atoms with Crippen LogP contribution in [-0.4, -0.2) is 28.3 Å². The minimum absolute atomic E-state index is 0.415. The topological polar surface area (TPSA) is 84.4 Å². The van der Waals surface area contributed by atoms with Crippen molar-refractivity contribution in [1.29, 1.82) is 0 Å². The molecule has 168 valence electrons. The van der Waals surface area contributed by atoms with Crippen molar-refractivity contribution >= 4 is 27.8 Å². The van der Waals surface area contributed by atoms with Gasteiger partial charge >= 0.3 is 0 Å². The molecule has 2 N–H and O–H groups in total. The summed E-state index contributed by atoms with van der Waals surface area (Å²) in [7, 11) is 1.66. The second-order valence-corrected chi connectivity index (χ2v) is 8.18. The molecule has 0 aliphatic rings. The molecule has 4 aromatic rings. The number of aromatic nitrogens is 3. The molecule has 0 saturated heterocycles. The molecule has 0 aliphatic heterocycles. The van der Waals surface area contributed by atoms with Crippen molar-refractivity contribution in [2.75, 3.05) is 19.5 Å². The normalized spacial score (nSPS) is 11.5.